The Morgan fingerprint density at radius 3 is 2.52 bits per heavy atom. The summed E-state index contributed by atoms with van der Waals surface area (Å²) in [6.45, 7) is 7.49. The van der Waals surface area contributed by atoms with Gasteiger partial charge in [0.1, 0.15) is 12.9 Å². The Labute approximate surface area is 239 Å². The molecule has 40 heavy (non-hydrogen) atoms. The number of rotatable bonds is 6. The Kier molecular flexibility index (Phi) is 8.06. The Bertz CT molecular complexity index is 1440. The van der Waals surface area contributed by atoms with Gasteiger partial charge in [-0.1, -0.05) is 11.6 Å². The van der Waals surface area contributed by atoms with Gasteiger partial charge < -0.3 is 10.2 Å². The van der Waals surface area contributed by atoms with Gasteiger partial charge in [0.05, 0.1) is 47.6 Å². The Morgan fingerprint density at radius 1 is 1.10 bits per heavy atom. The van der Waals surface area contributed by atoms with Gasteiger partial charge in [0.15, 0.2) is 0 Å². The van der Waals surface area contributed by atoms with Gasteiger partial charge in [-0.15, -0.1) is 11.3 Å². The van der Waals surface area contributed by atoms with E-state index in [0.29, 0.717) is 38.1 Å². The van der Waals surface area contributed by atoms with Crippen LogP contribution < -0.4 is 5.32 Å². The smallest absolute Gasteiger partial charge is 0.344 e. The summed E-state index contributed by atoms with van der Waals surface area (Å²) in [5, 5.41) is 2.92. The number of amides is 3. The van der Waals surface area contributed by atoms with Crippen LogP contribution in [0.2, 0.25) is 5.02 Å². The number of benzene rings is 1. The molecule has 2 aromatic heterocycles. The average molecular weight is 596 g/mol. The monoisotopic (exact) mass is 595 g/mol. The number of hydrogen-bond acceptors (Lipinski definition) is 6. The zero-order chi connectivity index (χ0) is 28.8. The van der Waals surface area contributed by atoms with Gasteiger partial charge in [-0.05, 0) is 50.1 Å². The van der Waals surface area contributed by atoms with E-state index in [1.165, 1.54) is 17.7 Å². The first-order valence-corrected chi connectivity index (χ1v) is 14.4. The summed E-state index contributed by atoms with van der Waals surface area (Å²) in [5.74, 6) is -0.498. The first-order valence-electron chi connectivity index (χ1n) is 13.2. The minimum absolute atomic E-state index is 0.132. The molecule has 3 amide bonds. The number of halogens is 4. The highest BCUT2D eigenvalue weighted by Crippen LogP contribution is 2.38. The van der Waals surface area contributed by atoms with E-state index in [0.717, 1.165) is 45.9 Å². The molecule has 2 fully saturated rings. The fourth-order valence-corrected chi connectivity index (χ4v) is 6.93. The van der Waals surface area contributed by atoms with Gasteiger partial charge in [0, 0.05) is 35.0 Å². The van der Waals surface area contributed by atoms with E-state index in [4.69, 9.17) is 11.6 Å². The summed E-state index contributed by atoms with van der Waals surface area (Å²) in [7, 11) is 0. The van der Waals surface area contributed by atoms with Gasteiger partial charge in [-0.3, -0.25) is 14.6 Å². The van der Waals surface area contributed by atoms with Gasteiger partial charge in [0.25, 0.3) is 0 Å². The maximum atomic E-state index is 13.0. The zero-order valence-electron chi connectivity index (χ0n) is 22.5. The molecule has 0 aliphatic carbocycles. The molecule has 2 atom stereocenters. The van der Waals surface area contributed by atoms with E-state index in [1.54, 1.807) is 6.07 Å². The quantitative estimate of drug-likeness (QED) is 0.462. The SMILES string of the molecule is Cc1cc(Cl)cc(-c2ncnc3cc(CN4C(=O)CCN(CC(F)(F)F)C4=O)sc23)c1CN1C(C)C[NH2+]CC1C. The lowest BCUT2D eigenvalue weighted by molar-refractivity contribution is -0.674. The minimum atomic E-state index is -4.54. The highest BCUT2D eigenvalue weighted by molar-refractivity contribution is 7.19. The number of carbonyl (C=O) groups is 2. The second kappa shape index (κ2) is 11.2. The normalized spacial score (nSPS) is 21.1. The van der Waals surface area contributed by atoms with Crippen LogP contribution in [0.5, 0.6) is 0 Å². The molecule has 0 spiro atoms. The van der Waals surface area contributed by atoms with E-state index in [9.17, 15) is 22.8 Å². The molecule has 5 rings (SSSR count). The van der Waals surface area contributed by atoms with Crippen LogP contribution in [0.15, 0.2) is 24.5 Å². The molecular weight excluding hydrogens is 565 g/mol. The van der Waals surface area contributed by atoms with Crippen molar-refractivity contribution in [3.63, 3.8) is 0 Å². The van der Waals surface area contributed by atoms with E-state index < -0.39 is 24.7 Å². The van der Waals surface area contributed by atoms with Crippen LogP contribution in [0.1, 0.15) is 36.3 Å². The van der Waals surface area contributed by atoms with Crippen LogP contribution >= 0.6 is 22.9 Å². The highest BCUT2D eigenvalue weighted by Gasteiger charge is 2.39. The molecule has 2 saturated heterocycles. The van der Waals surface area contributed by atoms with Gasteiger partial charge in [0.2, 0.25) is 5.91 Å². The second-order valence-electron chi connectivity index (χ2n) is 10.6. The van der Waals surface area contributed by atoms with E-state index >= 15 is 0 Å². The summed E-state index contributed by atoms with van der Waals surface area (Å²) in [4.78, 5) is 39.0. The molecule has 13 heteroatoms. The molecule has 0 bridgehead atoms. The molecule has 2 unspecified atom stereocenters. The number of piperazine rings is 1. The number of nitrogens with two attached hydrogens (primary N) is 1. The third kappa shape index (κ3) is 5.95. The third-order valence-electron chi connectivity index (χ3n) is 7.63. The topological polar surface area (TPSA) is 86.2 Å². The van der Waals surface area contributed by atoms with Crippen molar-refractivity contribution in [2.75, 3.05) is 26.2 Å². The van der Waals surface area contributed by atoms with Crippen LogP contribution in [0.3, 0.4) is 0 Å². The van der Waals surface area contributed by atoms with Crippen molar-refractivity contribution in [2.45, 2.75) is 58.5 Å². The predicted molar refractivity (Wildman–Crippen MR) is 147 cm³/mol. The van der Waals surface area contributed by atoms with Crippen LogP contribution in [0.4, 0.5) is 18.0 Å². The molecule has 0 saturated carbocycles. The number of aromatic nitrogens is 2. The molecule has 214 valence electrons. The van der Waals surface area contributed by atoms with E-state index in [-0.39, 0.29) is 19.5 Å². The molecule has 2 aliphatic rings. The molecule has 8 nitrogen and oxygen atoms in total. The summed E-state index contributed by atoms with van der Waals surface area (Å²) in [6, 6.07) is 5.46. The number of nitrogens with zero attached hydrogens (tertiary/aromatic N) is 5. The first-order chi connectivity index (χ1) is 18.9. The van der Waals surface area contributed by atoms with Crippen molar-refractivity contribution in [2.24, 2.45) is 0 Å². The first kappa shape index (κ1) is 28.7. The summed E-state index contributed by atoms with van der Waals surface area (Å²) < 4.78 is 39.7. The third-order valence-corrected chi connectivity index (χ3v) is 8.96. The van der Waals surface area contributed by atoms with Crippen molar-refractivity contribution < 1.29 is 28.1 Å². The van der Waals surface area contributed by atoms with Crippen LogP contribution in [-0.4, -0.2) is 81.0 Å². The number of urea groups is 1. The number of aryl methyl sites for hydroxylation is 1. The van der Waals surface area contributed by atoms with Crippen molar-refractivity contribution in [1.82, 2.24) is 24.7 Å². The molecule has 2 N–H and O–H groups in total. The van der Waals surface area contributed by atoms with E-state index in [2.05, 4.69) is 34.0 Å². The highest BCUT2D eigenvalue weighted by atomic mass is 35.5. The van der Waals surface area contributed by atoms with Crippen LogP contribution in [0.25, 0.3) is 21.5 Å². The lowest BCUT2D eigenvalue weighted by Crippen LogP contribution is -2.92. The van der Waals surface area contributed by atoms with Gasteiger partial charge >= 0.3 is 12.2 Å². The molecular formula is C27H31ClF3N6O2S+. The largest absolute Gasteiger partial charge is 0.406 e. The Hall–Kier alpha value is -2.80. The van der Waals surface area contributed by atoms with Crippen molar-refractivity contribution in [3.05, 3.63) is 45.6 Å². The zero-order valence-corrected chi connectivity index (χ0v) is 24.0. The molecule has 3 aromatic rings. The van der Waals surface area contributed by atoms with Gasteiger partial charge in [-0.25, -0.2) is 14.8 Å². The molecule has 0 radical (unpaired) electrons. The lowest BCUT2D eigenvalue weighted by atomic mass is 9.96. The maximum absolute atomic E-state index is 13.0. The van der Waals surface area contributed by atoms with Crippen molar-refractivity contribution >= 4 is 45.1 Å². The van der Waals surface area contributed by atoms with Crippen LogP contribution in [0, 0.1) is 6.92 Å². The number of fused-ring (bicyclic) bond motifs is 1. The number of hydrogen-bond donors (Lipinski definition) is 1. The summed E-state index contributed by atoms with van der Waals surface area (Å²) in [6.07, 6.45) is -3.23. The Balaban J connectivity index is 1.49. The fraction of sp³-hybridized carbons (Fsp3) is 0.481. The maximum Gasteiger partial charge on any atom is 0.406 e. The second-order valence-corrected chi connectivity index (χ2v) is 12.2. The predicted octanol–water partition coefficient (Wildman–Crippen LogP) is 4.19. The van der Waals surface area contributed by atoms with Crippen molar-refractivity contribution in [3.8, 4) is 11.3 Å². The summed E-state index contributed by atoms with van der Waals surface area (Å²) >= 11 is 7.85. The summed E-state index contributed by atoms with van der Waals surface area (Å²) in [5.41, 5.74) is 4.38. The number of imide groups is 1. The number of thiophene rings is 1. The standard InChI is InChI=1S/C27H30ClF3N6O2S/c1-15-6-18(28)7-20(21(15)12-36-16(2)9-32-10-17(36)3)24-25-22(33-14-34-24)8-19(40-25)11-37-23(38)4-5-35(26(37)39)13-27(29,30)31/h6-8,14,16-17,32H,4-5,9-13H2,1-3H3/p+1. The number of carbonyl (C=O) groups excluding carboxylic acids is 2. The minimum Gasteiger partial charge on any atom is -0.344 e. The van der Waals surface area contributed by atoms with Crippen LogP contribution in [-0.2, 0) is 17.9 Å². The number of quaternary nitrogens is 1. The Morgan fingerprint density at radius 2 is 1.82 bits per heavy atom. The lowest BCUT2D eigenvalue weighted by Gasteiger charge is -2.37. The van der Waals surface area contributed by atoms with Gasteiger partial charge in [-0.2, -0.15) is 13.2 Å². The molecule has 4 heterocycles. The van der Waals surface area contributed by atoms with E-state index in [1.807, 2.05) is 19.1 Å². The molecule has 2 aliphatic heterocycles. The average Bonchev–Trinajstić information content (AvgIpc) is 3.29. The van der Waals surface area contributed by atoms with Crippen molar-refractivity contribution in [1.29, 1.82) is 0 Å². The molecule has 1 aromatic carbocycles. The number of alkyl halides is 3. The fourth-order valence-electron chi connectivity index (χ4n) is 5.56.